The summed E-state index contributed by atoms with van der Waals surface area (Å²) < 4.78 is 0. The molecule has 0 aromatic rings. The van der Waals surface area contributed by atoms with Crippen LogP contribution in [0, 0.1) is 5.41 Å². The van der Waals surface area contributed by atoms with Crippen molar-refractivity contribution in [2.45, 2.75) is 65.5 Å². The first-order valence-corrected chi connectivity index (χ1v) is 6.44. The predicted octanol–water partition coefficient (Wildman–Crippen LogP) is 2.15. The molecule has 2 unspecified atom stereocenters. The molecule has 1 saturated heterocycles. The van der Waals surface area contributed by atoms with Crippen LogP contribution in [0.4, 0.5) is 0 Å². The Morgan fingerprint density at radius 2 is 2.06 bits per heavy atom. The van der Waals surface area contributed by atoms with Crippen LogP contribution in [-0.2, 0) is 4.79 Å². The smallest absolute Gasteiger partial charge is 0.240 e. The van der Waals surface area contributed by atoms with Crippen molar-refractivity contribution in [1.29, 1.82) is 0 Å². The maximum Gasteiger partial charge on any atom is 0.240 e. The summed E-state index contributed by atoms with van der Waals surface area (Å²) in [6.45, 7) is 9.13. The fourth-order valence-corrected chi connectivity index (χ4v) is 2.26. The van der Waals surface area contributed by atoms with Crippen LogP contribution in [-0.4, -0.2) is 29.4 Å². The van der Waals surface area contributed by atoms with Crippen LogP contribution in [0.2, 0.25) is 0 Å². The first-order chi connectivity index (χ1) is 7.38. The van der Waals surface area contributed by atoms with Gasteiger partial charge in [0.05, 0.1) is 6.04 Å². The molecule has 3 nitrogen and oxygen atoms in total. The van der Waals surface area contributed by atoms with Crippen LogP contribution >= 0.6 is 0 Å². The highest BCUT2D eigenvalue weighted by Gasteiger charge is 2.34. The van der Waals surface area contributed by atoms with Gasteiger partial charge in [-0.3, -0.25) is 4.79 Å². The fourth-order valence-electron chi connectivity index (χ4n) is 2.26. The Bertz CT molecular complexity index is 245. The number of nitrogens with two attached hydrogens (primary N) is 1. The molecule has 1 fully saturated rings. The zero-order valence-corrected chi connectivity index (χ0v) is 11.1. The molecule has 0 aliphatic carbocycles. The molecule has 0 aromatic heterocycles. The maximum atomic E-state index is 12.3. The third-order valence-electron chi connectivity index (χ3n) is 3.58. The highest BCUT2D eigenvalue weighted by Crippen LogP contribution is 2.24. The lowest BCUT2D eigenvalue weighted by Crippen LogP contribution is -2.54. The van der Waals surface area contributed by atoms with E-state index in [-0.39, 0.29) is 17.4 Å². The zero-order valence-electron chi connectivity index (χ0n) is 11.1. The topological polar surface area (TPSA) is 46.3 Å². The van der Waals surface area contributed by atoms with Gasteiger partial charge < -0.3 is 10.6 Å². The van der Waals surface area contributed by atoms with Crippen molar-refractivity contribution in [2.24, 2.45) is 11.1 Å². The average molecular weight is 226 g/mol. The molecule has 94 valence electrons. The van der Waals surface area contributed by atoms with E-state index in [9.17, 15) is 4.79 Å². The number of rotatable bonds is 2. The second-order valence-electron chi connectivity index (χ2n) is 5.93. The molecule has 0 bridgehead atoms. The number of amides is 1. The molecule has 16 heavy (non-hydrogen) atoms. The van der Waals surface area contributed by atoms with Crippen molar-refractivity contribution in [3.05, 3.63) is 0 Å². The highest BCUT2D eigenvalue weighted by molar-refractivity contribution is 5.82. The zero-order chi connectivity index (χ0) is 12.3. The van der Waals surface area contributed by atoms with Crippen LogP contribution in [0.5, 0.6) is 0 Å². The second-order valence-corrected chi connectivity index (χ2v) is 5.93. The molecule has 1 aliphatic rings. The lowest BCUT2D eigenvalue weighted by Gasteiger charge is -2.39. The largest absolute Gasteiger partial charge is 0.338 e. The maximum absolute atomic E-state index is 12.3. The number of carbonyl (C=O) groups excluding carboxylic acids is 1. The van der Waals surface area contributed by atoms with E-state index in [4.69, 9.17) is 5.73 Å². The first kappa shape index (κ1) is 13.5. The predicted molar refractivity (Wildman–Crippen MR) is 67.1 cm³/mol. The fraction of sp³-hybridized carbons (Fsp3) is 0.923. The number of carbonyl (C=O) groups is 1. The molecule has 1 amide bonds. The van der Waals surface area contributed by atoms with Crippen molar-refractivity contribution in [3.63, 3.8) is 0 Å². The molecule has 0 radical (unpaired) electrons. The molecule has 0 spiro atoms. The summed E-state index contributed by atoms with van der Waals surface area (Å²) in [6, 6.07) is 0.0364. The van der Waals surface area contributed by atoms with Gasteiger partial charge in [-0.05, 0) is 31.1 Å². The monoisotopic (exact) mass is 226 g/mol. The minimum absolute atomic E-state index is 0.138. The molecule has 0 aromatic carbocycles. The summed E-state index contributed by atoms with van der Waals surface area (Å²) >= 11 is 0. The standard InChI is InChI=1S/C13H26N2O/c1-5-10-8-6-7-9-15(10)12(16)11(14)13(2,3)4/h10-11H,5-9,14H2,1-4H3. The molecule has 0 saturated carbocycles. The molecule has 1 heterocycles. The molecule has 1 aliphatic heterocycles. The van der Waals surface area contributed by atoms with Crippen LogP contribution in [0.15, 0.2) is 0 Å². The van der Waals surface area contributed by atoms with Gasteiger partial charge in [-0.25, -0.2) is 0 Å². The quantitative estimate of drug-likeness (QED) is 0.784. The summed E-state index contributed by atoms with van der Waals surface area (Å²) in [4.78, 5) is 14.3. The summed E-state index contributed by atoms with van der Waals surface area (Å²) in [7, 11) is 0. The minimum atomic E-state index is -0.375. The summed E-state index contributed by atoms with van der Waals surface area (Å²) in [5.74, 6) is 0.138. The summed E-state index contributed by atoms with van der Waals surface area (Å²) in [6.07, 6.45) is 4.55. The molecule has 1 rings (SSSR count). The molecular formula is C13H26N2O. The van der Waals surface area contributed by atoms with Gasteiger partial charge in [0.15, 0.2) is 0 Å². The third kappa shape index (κ3) is 2.97. The van der Waals surface area contributed by atoms with Crippen molar-refractivity contribution in [3.8, 4) is 0 Å². The number of nitrogens with zero attached hydrogens (tertiary/aromatic N) is 1. The molecule has 3 heteroatoms. The van der Waals surface area contributed by atoms with E-state index in [1.807, 2.05) is 25.7 Å². The number of hydrogen-bond acceptors (Lipinski definition) is 2. The molecular weight excluding hydrogens is 200 g/mol. The van der Waals surface area contributed by atoms with Gasteiger partial charge in [-0.2, -0.15) is 0 Å². The van der Waals surface area contributed by atoms with Gasteiger partial charge in [0.1, 0.15) is 0 Å². The number of likely N-dealkylation sites (tertiary alicyclic amines) is 1. The average Bonchev–Trinajstić information content (AvgIpc) is 2.25. The van der Waals surface area contributed by atoms with E-state index in [0.717, 1.165) is 25.8 Å². The molecule has 2 atom stereocenters. The Hall–Kier alpha value is -0.570. The van der Waals surface area contributed by atoms with Crippen molar-refractivity contribution in [1.82, 2.24) is 4.90 Å². The van der Waals surface area contributed by atoms with E-state index in [2.05, 4.69) is 6.92 Å². The van der Waals surface area contributed by atoms with Crippen molar-refractivity contribution in [2.75, 3.05) is 6.54 Å². The van der Waals surface area contributed by atoms with Crippen LogP contribution < -0.4 is 5.73 Å². The lowest BCUT2D eigenvalue weighted by molar-refractivity contribution is -0.138. The van der Waals surface area contributed by atoms with E-state index in [1.54, 1.807) is 0 Å². The van der Waals surface area contributed by atoms with E-state index >= 15 is 0 Å². The van der Waals surface area contributed by atoms with Gasteiger partial charge in [0.25, 0.3) is 0 Å². The normalized spacial score (nSPS) is 24.3. The van der Waals surface area contributed by atoms with Gasteiger partial charge in [-0.15, -0.1) is 0 Å². The Balaban J connectivity index is 2.71. The van der Waals surface area contributed by atoms with Crippen LogP contribution in [0.1, 0.15) is 53.4 Å². The van der Waals surface area contributed by atoms with Gasteiger partial charge >= 0.3 is 0 Å². The van der Waals surface area contributed by atoms with Crippen molar-refractivity contribution < 1.29 is 4.79 Å². The van der Waals surface area contributed by atoms with E-state index in [1.165, 1.54) is 6.42 Å². The van der Waals surface area contributed by atoms with E-state index < -0.39 is 0 Å². The Kier molecular flexibility index (Phi) is 4.36. The van der Waals surface area contributed by atoms with E-state index in [0.29, 0.717) is 6.04 Å². The number of hydrogen-bond donors (Lipinski definition) is 1. The summed E-state index contributed by atoms with van der Waals surface area (Å²) in [5, 5.41) is 0. The van der Waals surface area contributed by atoms with Gasteiger partial charge in [0.2, 0.25) is 5.91 Å². The van der Waals surface area contributed by atoms with Crippen LogP contribution in [0.25, 0.3) is 0 Å². The minimum Gasteiger partial charge on any atom is -0.338 e. The van der Waals surface area contributed by atoms with Gasteiger partial charge in [-0.1, -0.05) is 27.7 Å². The van der Waals surface area contributed by atoms with Gasteiger partial charge in [0, 0.05) is 12.6 Å². The summed E-state index contributed by atoms with van der Waals surface area (Å²) in [5.41, 5.74) is 5.90. The Labute approximate surface area is 99.4 Å². The third-order valence-corrected chi connectivity index (χ3v) is 3.58. The van der Waals surface area contributed by atoms with Crippen molar-refractivity contribution >= 4 is 5.91 Å². The Morgan fingerprint density at radius 3 is 2.56 bits per heavy atom. The highest BCUT2D eigenvalue weighted by atomic mass is 16.2. The second kappa shape index (κ2) is 5.17. The first-order valence-electron chi connectivity index (χ1n) is 6.44. The lowest BCUT2D eigenvalue weighted by atomic mass is 9.85. The number of piperidine rings is 1. The van der Waals surface area contributed by atoms with Crippen LogP contribution in [0.3, 0.4) is 0 Å². The SMILES string of the molecule is CCC1CCCCN1C(=O)C(N)C(C)(C)C. The Morgan fingerprint density at radius 1 is 1.44 bits per heavy atom. The molecule has 2 N–H and O–H groups in total.